The standard InChI is InChI=1S/C15H15NO3/c16-9-10-19-14-7-3-12(4-8-14)15(18)11-1-5-13(17)6-2-11/h1-8,17H,9-10,16H2. The second kappa shape index (κ2) is 6.02. The largest absolute Gasteiger partial charge is 0.508 e. The van der Waals surface area contributed by atoms with Gasteiger partial charge in [-0.05, 0) is 48.5 Å². The van der Waals surface area contributed by atoms with Crippen LogP contribution in [0.3, 0.4) is 0 Å². The van der Waals surface area contributed by atoms with E-state index in [2.05, 4.69) is 0 Å². The number of benzene rings is 2. The van der Waals surface area contributed by atoms with Crippen LogP contribution in [-0.2, 0) is 0 Å². The Bertz CT molecular complexity index is 547. The third-order valence-electron chi connectivity index (χ3n) is 2.63. The lowest BCUT2D eigenvalue weighted by Gasteiger charge is -2.05. The molecule has 0 saturated heterocycles. The number of carbonyl (C=O) groups excluding carboxylic acids is 1. The van der Waals surface area contributed by atoms with Crippen LogP contribution in [0, 0.1) is 0 Å². The SMILES string of the molecule is NCCOc1ccc(C(=O)c2ccc(O)cc2)cc1. The van der Waals surface area contributed by atoms with Crippen molar-refractivity contribution in [3.63, 3.8) is 0 Å². The molecule has 0 fully saturated rings. The quantitative estimate of drug-likeness (QED) is 0.803. The Balaban J connectivity index is 2.13. The molecule has 0 heterocycles. The van der Waals surface area contributed by atoms with Crippen LogP contribution in [0.25, 0.3) is 0 Å². The van der Waals surface area contributed by atoms with Crippen LogP contribution in [-0.4, -0.2) is 24.0 Å². The highest BCUT2D eigenvalue weighted by Gasteiger charge is 2.08. The lowest BCUT2D eigenvalue weighted by atomic mass is 10.0. The minimum Gasteiger partial charge on any atom is -0.508 e. The molecular formula is C15H15NO3. The zero-order valence-corrected chi connectivity index (χ0v) is 10.4. The van der Waals surface area contributed by atoms with Gasteiger partial charge in [0.05, 0.1) is 0 Å². The molecule has 0 aliphatic rings. The third-order valence-corrected chi connectivity index (χ3v) is 2.63. The fourth-order valence-corrected chi connectivity index (χ4v) is 1.66. The summed E-state index contributed by atoms with van der Waals surface area (Å²) in [5.74, 6) is 0.736. The normalized spacial score (nSPS) is 10.2. The van der Waals surface area contributed by atoms with Gasteiger partial charge in [-0.1, -0.05) is 0 Å². The van der Waals surface area contributed by atoms with E-state index in [0.717, 1.165) is 0 Å². The first kappa shape index (κ1) is 13.1. The lowest BCUT2D eigenvalue weighted by Crippen LogP contribution is -2.10. The molecule has 0 bridgehead atoms. The average Bonchev–Trinajstić information content (AvgIpc) is 2.46. The summed E-state index contributed by atoms with van der Waals surface area (Å²) in [7, 11) is 0. The smallest absolute Gasteiger partial charge is 0.193 e. The van der Waals surface area contributed by atoms with Crippen molar-refractivity contribution in [1.29, 1.82) is 0 Å². The Morgan fingerprint density at radius 3 is 2.05 bits per heavy atom. The number of phenols is 1. The van der Waals surface area contributed by atoms with Crippen molar-refractivity contribution in [3.05, 3.63) is 59.7 Å². The Hall–Kier alpha value is -2.33. The van der Waals surface area contributed by atoms with Crippen molar-refractivity contribution < 1.29 is 14.6 Å². The number of rotatable bonds is 5. The van der Waals surface area contributed by atoms with Gasteiger partial charge < -0.3 is 15.6 Å². The average molecular weight is 257 g/mol. The molecule has 4 heteroatoms. The predicted molar refractivity (Wildman–Crippen MR) is 72.5 cm³/mol. The van der Waals surface area contributed by atoms with E-state index in [1.807, 2.05) is 0 Å². The third kappa shape index (κ3) is 3.33. The van der Waals surface area contributed by atoms with Crippen molar-refractivity contribution in [2.24, 2.45) is 5.73 Å². The number of hydrogen-bond acceptors (Lipinski definition) is 4. The Kier molecular flexibility index (Phi) is 4.15. The molecule has 4 nitrogen and oxygen atoms in total. The van der Waals surface area contributed by atoms with Crippen molar-refractivity contribution in [1.82, 2.24) is 0 Å². The number of ketones is 1. The molecule has 0 amide bonds. The van der Waals surface area contributed by atoms with Crippen LogP contribution in [0.1, 0.15) is 15.9 Å². The maximum Gasteiger partial charge on any atom is 0.193 e. The molecule has 19 heavy (non-hydrogen) atoms. The van der Waals surface area contributed by atoms with E-state index in [9.17, 15) is 9.90 Å². The first-order valence-electron chi connectivity index (χ1n) is 5.97. The molecule has 2 aromatic carbocycles. The summed E-state index contributed by atoms with van der Waals surface area (Å²) in [6, 6.07) is 13.1. The van der Waals surface area contributed by atoms with Gasteiger partial charge in [-0.3, -0.25) is 4.79 Å². The molecule has 0 aliphatic heterocycles. The number of carbonyl (C=O) groups is 1. The molecule has 0 atom stereocenters. The molecule has 0 aromatic heterocycles. The van der Waals surface area contributed by atoms with Gasteiger partial charge in [-0.2, -0.15) is 0 Å². The van der Waals surface area contributed by atoms with Gasteiger partial charge in [0.25, 0.3) is 0 Å². The highest BCUT2D eigenvalue weighted by atomic mass is 16.5. The van der Waals surface area contributed by atoms with Crippen LogP contribution >= 0.6 is 0 Å². The van der Waals surface area contributed by atoms with Crippen LogP contribution in [0.4, 0.5) is 0 Å². The lowest BCUT2D eigenvalue weighted by molar-refractivity contribution is 0.103. The fourth-order valence-electron chi connectivity index (χ4n) is 1.66. The van der Waals surface area contributed by atoms with Crippen LogP contribution in [0.5, 0.6) is 11.5 Å². The number of nitrogens with two attached hydrogens (primary N) is 1. The summed E-state index contributed by atoms with van der Waals surface area (Å²) < 4.78 is 5.34. The van der Waals surface area contributed by atoms with E-state index in [-0.39, 0.29) is 11.5 Å². The van der Waals surface area contributed by atoms with E-state index < -0.39 is 0 Å². The summed E-state index contributed by atoms with van der Waals surface area (Å²) in [5.41, 5.74) is 6.45. The van der Waals surface area contributed by atoms with E-state index >= 15 is 0 Å². The molecule has 2 rings (SSSR count). The molecule has 3 N–H and O–H groups in total. The second-order valence-corrected chi connectivity index (χ2v) is 4.04. The van der Waals surface area contributed by atoms with Gasteiger partial charge in [0.1, 0.15) is 18.1 Å². The van der Waals surface area contributed by atoms with E-state index in [1.165, 1.54) is 12.1 Å². The summed E-state index contributed by atoms with van der Waals surface area (Å²) in [6.07, 6.45) is 0. The van der Waals surface area contributed by atoms with Crippen LogP contribution in [0.15, 0.2) is 48.5 Å². The molecule has 0 aliphatic carbocycles. The summed E-state index contributed by atoms with van der Waals surface area (Å²) in [5, 5.41) is 9.19. The summed E-state index contributed by atoms with van der Waals surface area (Å²) >= 11 is 0. The zero-order chi connectivity index (χ0) is 13.7. The van der Waals surface area contributed by atoms with E-state index in [4.69, 9.17) is 10.5 Å². The maximum atomic E-state index is 12.1. The van der Waals surface area contributed by atoms with E-state index in [0.29, 0.717) is 30.0 Å². The first-order valence-corrected chi connectivity index (χ1v) is 5.97. The fraction of sp³-hybridized carbons (Fsp3) is 0.133. The highest BCUT2D eigenvalue weighted by molar-refractivity contribution is 6.09. The molecule has 98 valence electrons. The maximum absolute atomic E-state index is 12.1. The predicted octanol–water partition coefficient (Wildman–Crippen LogP) is 1.96. The van der Waals surface area contributed by atoms with Gasteiger partial charge in [-0.15, -0.1) is 0 Å². The Labute approximate surface area is 111 Å². The van der Waals surface area contributed by atoms with Crippen LogP contribution in [0.2, 0.25) is 0 Å². The van der Waals surface area contributed by atoms with Gasteiger partial charge >= 0.3 is 0 Å². The second-order valence-electron chi connectivity index (χ2n) is 4.04. The van der Waals surface area contributed by atoms with E-state index in [1.54, 1.807) is 36.4 Å². The molecule has 2 aromatic rings. The molecular weight excluding hydrogens is 242 g/mol. The van der Waals surface area contributed by atoms with Gasteiger partial charge in [0.2, 0.25) is 0 Å². The molecule has 0 unspecified atom stereocenters. The Morgan fingerprint density at radius 2 is 1.53 bits per heavy atom. The summed E-state index contributed by atoms with van der Waals surface area (Å²) in [4.78, 5) is 12.1. The molecule has 0 radical (unpaired) electrons. The number of aromatic hydroxyl groups is 1. The van der Waals surface area contributed by atoms with Gasteiger partial charge in [-0.25, -0.2) is 0 Å². The topological polar surface area (TPSA) is 72.5 Å². The number of hydrogen-bond donors (Lipinski definition) is 2. The van der Waals surface area contributed by atoms with Gasteiger partial charge in [0.15, 0.2) is 5.78 Å². The number of phenolic OH excluding ortho intramolecular Hbond substituents is 1. The first-order chi connectivity index (χ1) is 9.20. The monoisotopic (exact) mass is 257 g/mol. The Morgan fingerprint density at radius 1 is 1.00 bits per heavy atom. The highest BCUT2D eigenvalue weighted by Crippen LogP contribution is 2.17. The zero-order valence-electron chi connectivity index (χ0n) is 10.4. The van der Waals surface area contributed by atoms with Crippen molar-refractivity contribution in [2.75, 3.05) is 13.2 Å². The van der Waals surface area contributed by atoms with Crippen molar-refractivity contribution >= 4 is 5.78 Å². The van der Waals surface area contributed by atoms with Crippen molar-refractivity contribution in [3.8, 4) is 11.5 Å². The molecule has 0 saturated carbocycles. The minimum absolute atomic E-state index is 0.0922. The van der Waals surface area contributed by atoms with Crippen LogP contribution < -0.4 is 10.5 Å². The molecule has 0 spiro atoms. The van der Waals surface area contributed by atoms with Gasteiger partial charge in [0, 0.05) is 17.7 Å². The van der Waals surface area contributed by atoms with Crippen molar-refractivity contribution in [2.45, 2.75) is 0 Å². The number of ether oxygens (including phenoxy) is 1. The summed E-state index contributed by atoms with van der Waals surface area (Å²) in [6.45, 7) is 0.902. The minimum atomic E-state index is -0.0922.